The number of aromatic nitrogens is 2. The lowest BCUT2D eigenvalue weighted by Gasteiger charge is -2.32. The number of aryl methyl sites for hydroxylation is 2. The maximum Gasteiger partial charge on any atom is 0.422 e. The van der Waals surface area contributed by atoms with Crippen LogP contribution in [0, 0.1) is 12.8 Å². The minimum absolute atomic E-state index is 0.0186. The SMILES string of the molecule is Cc1cc2c(cc1C(O)CN1CCCC(C)C1)CCc1c-2noc1-c1noc(-c2ccccc2)c1C(F)(F)F. The summed E-state index contributed by atoms with van der Waals surface area (Å²) in [5.74, 6) is 0.258. The molecule has 2 atom stereocenters. The van der Waals surface area contributed by atoms with Crippen LogP contribution < -0.4 is 0 Å². The first-order valence-electron chi connectivity index (χ1n) is 13.4. The van der Waals surface area contributed by atoms with Crippen LogP contribution in [0.25, 0.3) is 34.0 Å². The maximum atomic E-state index is 14.3. The number of benzene rings is 2. The Morgan fingerprint density at radius 3 is 2.54 bits per heavy atom. The summed E-state index contributed by atoms with van der Waals surface area (Å²) in [6.07, 6.45) is -1.94. The van der Waals surface area contributed by atoms with Gasteiger partial charge in [0.15, 0.2) is 17.2 Å². The highest BCUT2D eigenvalue weighted by molar-refractivity contribution is 5.79. The molecule has 1 fully saturated rings. The summed E-state index contributed by atoms with van der Waals surface area (Å²) in [4.78, 5) is 2.32. The Kier molecular flexibility index (Phi) is 6.59. The van der Waals surface area contributed by atoms with Crippen LogP contribution in [-0.4, -0.2) is 40.0 Å². The lowest BCUT2D eigenvalue weighted by molar-refractivity contribution is -0.136. The number of halogens is 3. The van der Waals surface area contributed by atoms with Crippen LogP contribution in [0.2, 0.25) is 0 Å². The molecule has 0 spiro atoms. The zero-order chi connectivity index (χ0) is 27.3. The molecule has 1 aliphatic heterocycles. The smallest absolute Gasteiger partial charge is 0.387 e. The molecule has 4 aromatic rings. The van der Waals surface area contributed by atoms with E-state index in [0.717, 1.165) is 41.8 Å². The number of β-amino-alcohol motifs (C(OH)–C–C–N with tert-alkyl or cyclic N) is 1. The van der Waals surface area contributed by atoms with Crippen molar-refractivity contribution < 1.29 is 27.3 Å². The van der Waals surface area contributed by atoms with Crippen LogP contribution in [0.1, 0.15) is 53.7 Å². The number of fused-ring (bicyclic) bond motifs is 3. The molecule has 2 aromatic carbocycles. The summed E-state index contributed by atoms with van der Waals surface area (Å²) in [5.41, 5.74) is 3.60. The van der Waals surface area contributed by atoms with Crippen LogP contribution in [0.4, 0.5) is 13.2 Å². The van der Waals surface area contributed by atoms with Crippen LogP contribution in [0.3, 0.4) is 0 Å². The molecule has 1 N–H and O–H groups in total. The van der Waals surface area contributed by atoms with E-state index in [2.05, 4.69) is 22.1 Å². The van der Waals surface area contributed by atoms with Crippen molar-refractivity contribution in [3.8, 4) is 34.0 Å². The third-order valence-electron chi connectivity index (χ3n) is 7.94. The van der Waals surface area contributed by atoms with Gasteiger partial charge in [-0.25, -0.2) is 0 Å². The lowest BCUT2D eigenvalue weighted by atomic mass is 9.85. The predicted molar refractivity (Wildman–Crippen MR) is 140 cm³/mol. The number of nitrogens with zero attached hydrogens (tertiary/aromatic N) is 3. The number of likely N-dealkylation sites (tertiary alicyclic amines) is 1. The first-order valence-corrected chi connectivity index (χ1v) is 13.4. The Bertz CT molecular complexity index is 1490. The summed E-state index contributed by atoms with van der Waals surface area (Å²) in [6.45, 7) is 6.74. The average molecular weight is 538 g/mol. The predicted octanol–water partition coefficient (Wildman–Crippen LogP) is 6.85. The Morgan fingerprint density at radius 1 is 1.05 bits per heavy atom. The highest BCUT2D eigenvalue weighted by Gasteiger charge is 2.43. The average Bonchev–Trinajstić information content (AvgIpc) is 3.53. The van der Waals surface area contributed by atoms with Crippen LogP contribution in [-0.2, 0) is 19.0 Å². The monoisotopic (exact) mass is 537 g/mol. The van der Waals surface area contributed by atoms with Crippen molar-refractivity contribution in [2.24, 2.45) is 5.92 Å². The Balaban J connectivity index is 1.35. The third kappa shape index (κ3) is 4.78. The largest absolute Gasteiger partial charge is 0.422 e. The number of piperidine rings is 1. The van der Waals surface area contributed by atoms with Gasteiger partial charge in [0.05, 0.1) is 6.10 Å². The molecule has 2 aliphatic rings. The van der Waals surface area contributed by atoms with E-state index < -0.39 is 23.5 Å². The molecule has 39 heavy (non-hydrogen) atoms. The van der Waals surface area contributed by atoms with E-state index in [1.54, 1.807) is 30.3 Å². The fraction of sp³-hybridized carbons (Fsp3) is 0.400. The summed E-state index contributed by atoms with van der Waals surface area (Å²) in [7, 11) is 0. The summed E-state index contributed by atoms with van der Waals surface area (Å²) >= 11 is 0. The van der Waals surface area contributed by atoms with Gasteiger partial charge in [-0.2, -0.15) is 13.2 Å². The number of aliphatic hydroxyl groups is 1. The first-order chi connectivity index (χ1) is 18.7. The van der Waals surface area contributed by atoms with E-state index in [1.807, 2.05) is 19.1 Å². The molecule has 2 unspecified atom stereocenters. The molecule has 0 bridgehead atoms. The van der Waals surface area contributed by atoms with Gasteiger partial charge in [0.25, 0.3) is 0 Å². The molecule has 0 radical (unpaired) electrons. The van der Waals surface area contributed by atoms with Crippen molar-refractivity contribution in [1.82, 2.24) is 15.2 Å². The van der Waals surface area contributed by atoms with Crippen LogP contribution in [0.5, 0.6) is 0 Å². The van der Waals surface area contributed by atoms with Crippen molar-refractivity contribution in [2.45, 2.75) is 51.8 Å². The highest BCUT2D eigenvalue weighted by Crippen LogP contribution is 2.47. The molecule has 3 heterocycles. The molecule has 204 valence electrons. The standard InChI is InChI=1S/C30H30F3N3O3/c1-17-7-6-12-36(15-17)16-24(37)22-14-20-10-11-21-26(23(20)13-18(22)2)34-39-29(21)27-25(30(31,32)33)28(38-35-27)19-8-4-3-5-9-19/h3-5,8-9,13-14,17,24,37H,6-7,10-12,15-16H2,1-2H3. The minimum Gasteiger partial charge on any atom is -0.387 e. The summed E-state index contributed by atoms with van der Waals surface area (Å²) < 4.78 is 53.6. The van der Waals surface area contributed by atoms with Gasteiger partial charge in [-0.05, 0) is 67.8 Å². The van der Waals surface area contributed by atoms with Crippen molar-refractivity contribution in [3.05, 3.63) is 70.3 Å². The molecule has 2 aromatic heterocycles. The lowest BCUT2D eigenvalue weighted by Crippen LogP contribution is -2.37. The second-order valence-electron chi connectivity index (χ2n) is 10.8. The van der Waals surface area contributed by atoms with E-state index in [4.69, 9.17) is 9.05 Å². The number of hydrogen-bond donors (Lipinski definition) is 1. The van der Waals surface area contributed by atoms with Crippen molar-refractivity contribution in [2.75, 3.05) is 19.6 Å². The summed E-state index contributed by atoms with van der Waals surface area (Å²) in [6, 6.07) is 12.1. The molecule has 9 heteroatoms. The Morgan fingerprint density at radius 2 is 1.79 bits per heavy atom. The number of alkyl halides is 3. The quantitative estimate of drug-likeness (QED) is 0.300. The second kappa shape index (κ2) is 9.95. The molecular formula is C30H30F3N3O3. The van der Waals surface area contributed by atoms with E-state index in [-0.39, 0.29) is 17.1 Å². The maximum absolute atomic E-state index is 14.3. The molecule has 0 amide bonds. The zero-order valence-electron chi connectivity index (χ0n) is 21.9. The van der Waals surface area contributed by atoms with E-state index in [9.17, 15) is 18.3 Å². The number of rotatable bonds is 5. The van der Waals surface area contributed by atoms with Gasteiger partial charge in [0, 0.05) is 29.8 Å². The van der Waals surface area contributed by atoms with Gasteiger partial charge >= 0.3 is 6.18 Å². The van der Waals surface area contributed by atoms with E-state index in [1.165, 1.54) is 6.42 Å². The molecule has 0 saturated carbocycles. The van der Waals surface area contributed by atoms with Crippen LogP contribution >= 0.6 is 0 Å². The Hall–Kier alpha value is -3.43. The second-order valence-corrected chi connectivity index (χ2v) is 10.8. The van der Waals surface area contributed by atoms with Crippen molar-refractivity contribution >= 4 is 0 Å². The summed E-state index contributed by atoms with van der Waals surface area (Å²) in [5, 5.41) is 19.1. The van der Waals surface area contributed by atoms with Crippen molar-refractivity contribution in [3.63, 3.8) is 0 Å². The first kappa shape index (κ1) is 25.8. The normalized spacial score (nSPS) is 18.6. The van der Waals surface area contributed by atoms with Crippen molar-refractivity contribution in [1.29, 1.82) is 0 Å². The highest BCUT2D eigenvalue weighted by atomic mass is 19.4. The number of hydrogen-bond acceptors (Lipinski definition) is 6. The fourth-order valence-electron chi connectivity index (χ4n) is 6.05. The molecule has 1 aliphatic carbocycles. The van der Waals surface area contributed by atoms with Gasteiger partial charge in [0.2, 0.25) is 0 Å². The van der Waals surface area contributed by atoms with Gasteiger partial charge in [0.1, 0.15) is 11.3 Å². The molecule has 1 saturated heterocycles. The van der Waals surface area contributed by atoms with E-state index in [0.29, 0.717) is 36.6 Å². The third-order valence-corrected chi connectivity index (χ3v) is 7.94. The topological polar surface area (TPSA) is 75.5 Å². The number of aliphatic hydroxyl groups excluding tert-OH is 1. The zero-order valence-corrected chi connectivity index (χ0v) is 21.9. The van der Waals surface area contributed by atoms with Crippen LogP contribution in [0.15, 0.2) is 51.5 Å². The van der Waals surface area contributed by atoms with Gasteiger partial charge in [-0.15, -0.1) is 0 Å². The molecular weight excluding hydrogens is 507 g/mol. The molecule has 6 nitrogen and oxygen atoms in total. The van der Waals surface area contributed by atoms with Gasteiger partial charge in [-0.3, -0.25) is 0 Å². The Labute approximate surface area is 224 Å². The van der Waals surface area contributed by atoms with Gasteiger partial charge < -0.3 is 19.1 Å². The minimum atomic E-state index is -4.71. The molecule has 6 rings (SSSR count). The fourth-order valence-corrected chi connectivity index (χ4v) is 6.05. The van der Waals surface area contributed by atoms with E-state index >= 15 is 0 Å². The van der Waals surface area contributed by atoms with Gasteiger partial charge in [-0.1, -0.05) is 53.6 Å².